The molecule has 7 aromatic rings. The largest absolute Gasteiger partial charge is 1.20 e. The van der Waals surface area contributed by atoms with E-state index < -0.39 is 15.1 Å². The molecule has 0 radical (unpaired) electrons. The first kappa shape index (κ1) is 27.0. The fourth-order valence-electron chi connectivity index (χ4n) is 5.32. The van der Waals surface area contributed by atoms with Crippen LogP contribution in [-0.2, 0) is 0 Å². The molecule has 0 aliphatic rings. The number of aromatic nitrogens is 2. The average molecular weight is 577 g/mol. The molecule has 0 N–H and O–H groups in total. The molecular weight excluding hydrogens is 547 g/mol. The minimum atomic E-state index is -2.89. The van der Waals surface area contributed by atoms with Gasteiger partial charge < -0.3 is 11.4 Å². The number of fused-ring (bicyclic) bond motifs is 3. The van der Waals surface area contributed by atoms with Gasteiger partial charge in [0, 0.05) is 22.2 Å². The van der Waals surface area contributed by atoms with Crippen LogP contribution >= 0.6 is 0 Å². The maximum absolute atomic E-state index is 6.57. The standard InChI is InChI=1S/C17H14O.2C10H9NO.Al/c1-12-3-2-4-13(9-12)14-5-6-16-11-17(18)8-7-15(16)10-14;2*1-7-5-6-8-3-2-4-9(12)10(8)11-7;/h2-11,18H,1H3;2*2-6,12H,1H3;/q;;;+3/p-3. The summed E-state index contributed by atoms with van der Waals surface area (Å²) < 4.78 is 19.7. The highest BCUT2D eigenvalue weighted by atomic mass is 27.3. The minimum Gasteiger partial charge on any atom is -0.577 e. The lowest BCUT2D eigenvalue weighted by Gasteiger charge is -2.18. The van der Waals surface area contributed by atoms with E-state index in [1.807, 2.05) is 74.5 Å². The van der Waals surface area contributed by atoms with E-state index >= 15 is 0 Å². The van der Waals surface area contributed by atoms with E-state index in [0.717, 1.165) is 44.0 Å². The first-order valence-corrected chi connectivity index (χ1v) is 15.7. The Kier molecular flexibility index (Phi) is 7.16. The molecule has 0 atom stereocenters. The van der Waals surface area contributed by atoms with Crippen molar-refractivity contribution in [3.05, 3.63) is 138 Å². The second-order valence-electron chi connectivity index (χ2n) is 10.8. The molecule has 2 heterocycles. The molecule has 0 fully saturated rings. The highest BCUT2D eigenvalue weighted by Gasteiger charge is 2.45. The lowest BCUT2D eigenvalue weighted by atomic mass is 10.00. The number of pyridine rings is 2. The van der Waals surface area contributed by atoms with Gasteiger partial charge in [-0.25, -0.2) is 9.97 Å². The highest BCUT2D eigenvalue weighted by molar-refractivity contribution is 6.40. The van der Waals surface area contributed by atoms with Crippen LogP contribution in [0.1, 0.15) is 17.0 Å². The molecular formula is C37H29AlN2O3. The predicted octanol–water partition coefficient (Wildman–Crippen LogP) is 9.05. The van der Waals surface area contributed by atoms with Crippen LogP contribution in [-0.4, -0.2) is 25.1 Å². The van der Waals surface area contributed by atoms with Gasteiger partial charge in [-0.15, -0.1) is 0 Å². The van der Waals surface area contributed by atoms with Crippen LogP contribution in [0.3, 0.4) is 0 Å². The van der Waals surface area contributed by atoms with Crippen LogP contribution in [0.25, 0.3) is 43.7 Å². The Labute approximate surface area is 255 Å². The van der Waals surface area contributed by atoms with Crippen molar-refractivity contribution < 1.29 is 11.4 Å². The topological polar surface area (TPSA) is 53.5 Å². The van der Waals surface area contributed by atoms with Crippen molar-refractivity contribution >= 4 is 47.7 Å². The van der Waals surface area contributed by atoms with E-state index in [1.165, 1.54) is 16.7 Å². The zero-order valence-corrected chi connectivity index (χ0v) is 25.4. The number of hydrogen-bond acceptors (Lipinski definition) is 5. The Morgan fingerprint density at radius 2 is 1.02 bits per heavy atom. The van der Waals surface area contributed by atoms with Crippen molar-refractivity contribution in [3.63, 3.8) is 0 Å². The summed E-state index contributed by atoms with van der Waals surface area (Å²) in [5, 5.41) is 4.20. The molecule has 2 aromatic heterocycles. The molecule has 0 saturated carbocycles. The molecule has 0 aliphatic heterocycles. The summed E-state index contributed by atoms with van der Waals surface area (Å²) in [5.41, 5.74) is 7.01. The quantitative estimate of drug-likeness (QED) is 0.177. The summed E-state index contributed by atoms with van der Waals surface area (Å²) in [6, 6.07) is 41.1. The lowest BCUT2D eigenvalue weighted by Crippen LogP contribution is -2.37. The second-order valence-corrected chi connectivity index (χ2v) is 12.1. The van der Waals surface area contributed by atoms with E-state index in [0.29, 0.717) is 17.2 Å². The number of nitrogens with zero attached hydrogens (tertiary/aromatic N) is 2. The monoisotopic (exact) mass is 576 g/mol. The number of benzene rings is 5. The van der Waals surface area contributed by atoms with Crippen molar-refractivity contribution in [2.75, 3.05) is 0 Å². The minimum absolute atomic E-state index is 0.630. The van der Waals surface area contributed by atoms with Gasteiger partial charge in [0.2, 0.25) is 0 Å². The van der Waals surface area contributed by atoms with Gasteiger partial charge in [0.15, 0.2) is 0 Å². The van der Waals surface area contributed by atoms with E-state index in [-0.39, 0.29) is 0 Å². The van der Waals surface area contributed by atoms with E-state index in [1.54, 1.807) is 0 Å². The molecule has 208 valence electrons. The molecule has 0 bridgehead atoms. The molecule has 0 saturated heterocycles. The summed E-state index contributed by atoms with van der Waals surface area (Å²) in [6.45, 7) is 6.06. The van der Waals surface area contributed by atoms with Gasteiger partial charge in [-0.3, -0.25) is 0 Å². The molecule has 6 heteroatoms. The fourth-order valence-corrected chi connectivity index (χ4v) is 6.63. The Hall–Kier alpha value is -4.89. The summed E-state index contributed by atoms with van der Waals surface area (Å²) in [7, 11) is 0. The van der Waals surface area contributed by atoms with E-state index in [4.69, 9.17) is 21.3 Å². The Morgan fingerprint density at radius 1 is 0.465 bits per heavy atom. The van der Waals surface area contributed by atoms with Crippen LogP contribution in [0, 0.1) is 20.8 Å². The summed E-state index contributed by atoms with van der Waals surface area (Å²) in [6.07, 6.45) is 0. The van der Waals surface area contributed by atoms with Crippen LogP contribution in [0.4, 0.5) is 0 Å². The van der Waals surface area contributed by atoms with Crippen molar-refractivity contribution in [3.8, 4) is 28.4 Å². The average Bonchev–Trinajstić information content (AvgIpc) is 3.01. The highest BCUT2D eigenvalue weighted by Crippen LogP contribution is 2.31. The third kappa shape index (κ3) is 5.76. The van der Waals surface area contributed by atoms with Gasteiger partial charge in [0.1, 0.15) is 22.5 Å². The zero-order valence-electron chi connectivity index (χ0n) is 24.2. The molecule has 5 aromatic carbocycles. The van der Waals surface area contributed by atoms with Crippen molar-refractivity contribution in [2.45, 2.75) is 20.8 Å². The van der Waals surface area contributed by atoms with Gasteiger partial charge >= 0.3 is 15.1 Å². The lowest BCUT2D eigenvalue weighted by molar-refractivity contribution is 0.310. The number of rotatable bonds is 7. The van der Waals surface area contributed by atoms with E-state index in [2.05, 4.69) is 67.6 Å². The summed E-state index contributed by atoms with van der Waals surface area (Å²) in [5.74, 6) is 1.94. The van der Waals surface area contributed by atoms with Gasteiger partial charge in [-0.2, -0.15) is 0 Å². The Bertz CT molecular complexity index is 2040. The SMILES string of the molecule is Cc1cccc(-c2ccc3cc([O][Al]([O]c4cccc5ccc(C)nc45)[O]c4cccc5ccc(C)nc45)ccc3c2)c1. The second kappa shape index (κ2) is 11.4. The Morgan fingerprint density at radius 3 is 1.67 bits per heavy atom. The van der Waals surface area contributed by atoms with Crippen molar-refractivity contribution in [1.82, 2.24) is 9.97 Å². The number of aryl methyl sites for hydroxylation is 3. The zero-order chi connectivity index (χ0) is 29.3. The first-order valence-electron chi connectivity index (χ1n) is 14.3. The molecule has 0 unspecified atom stereocenters. The van der Waals surface area contributed by atoms with Crippen LogP contribution in [0.5, 0.6) is 17.2 Å². The number of para-hydroxylation sites is 2. The summed E-state index contributed by atoms with van der Waals surface area (Å²) >= 11 is -2.89. The van der Waals surface area contributed by atoms with Gasteiger partial charge in [-0.05, 0) is 85.1 Å². The van der Waals surface area contributed by atoms with E-state index in [9.17, 15) is 0 Å². The molecule has 0 spiro atoms. The van der Waals surface area contributed by atoms with Crippen LogP contribution < -0.4 is 11.4 Å². The van der Waals surface area contributed by atoms with Gasteiger partial charge in [-0.1, -0.05) is 84.4 Å². The molecule has 5 nitrogen and oxygen atoms in total. The van der Waals surface area contributed by atoms with Crippen LogP contribution in [0.2, 0.25) is 0 Å². The normalized spacial score (nSPS) is 11.1. The van der Waals surface area contributed by atoms with Gasteiger partial charge in [0.25, 0.3) is 0 Å². The first-order chi connectivity index (χ1) is 21.0. The third-order valence-corrected chi connectivity index (χ3v) is 8.84. The third-order valence-electron chi connectivity index (χ3n) is 7.49. The maximum Gasteiger partial charge on any atom is 1.20 e. The molecule has 43 heavy (non-hydrogen) atoms. The molecule has 7 rings (SSSR count). The summed E-state index contributed by atoms with van der Waals surface area (Å²) in [4.78, 5) is 9.52. The smallest absolute Gasteiger partial charge is 0.577 e. The molecule has 0 amide bonds. The predicted molar refractivity (Wildman–Crippen MR) is 175 cm³/mol. The molecule has 0 aliphatic carbocycles. The Balaban J connectivity index is 1.25. The van der Waals surface area contributed by atoms with Crippen molar-refractivity contribution in [2.24, 2.45) is 0 Å². The fraction of sp³-hybridized carbons (Fsp3) is 0.0811. The van der Waals surface area contributed by atoms with Crippen molar-refractivity contribution in [1.29, 1.82) is 0 Å². The maximum atomic E-state index is 6.57. The van der Waals surface area contributed by atoms with Gasteiger partial charge in [0.05, 0.1) is 5.75 Å². The number of hydrogen-bond donors (Lipinski definition) is 0. The van der Waals surface area contributed by atoms with Crippen LogP contribution in [0.15, 0.2) is 121 Å².